The lowest BCUT2D eigenvalue weighted by Gasteiger charge is -2.59. The molecule has 7 rings (SSSR count). The maximum Gasteiger partial charge on any atom is 0.415 e. The lowest BCUT2D eigenvalue weighted by molar-refractivity contribution is -0.384. The van der Waals surface area contributed by atoms with Crippen LogP contribution in [-0.4, -0.2) is 114 Å². The van der Waals surface area contributed by atoms with Crippen LogP contribution in [0.4, 0.5) is 10.5 Å². The normalized spacial score (nSPS) is 24.7. The van der Waals surface area contributed by atoms with Crippen LogP contribution >= 0.6 is 11.8 Å². The minimum absolute atomic E-state index is 0.00372. The Bertz CT molecular complexity index is 2170. The molecule has 3 aromatic carbocycles. The largest absolute Gasteiger partial charge is 0.459 e. The number of benzene rings is 3. The molecular formula is C50H63N3O13S. The fraction of sp³-hybridized carbons (Fsp3) is 0.520. The summed E-state index contributed by atoms with van der Waals surface area (Å²) in [4.78, 5) is 34.7. The van der Waals surface area contributed by atoms with E-state index >= 15 is 0 Å². The zero-order valence-corrected chi connectivity index (χ0v) is 38.9. The molecule has 1 saturated heterocycles. The van der Waals surface area contributed by atoms with E-state index in [2.05, 4.69) is 12.7 Å². The fourth-order valence-corrected chi connectivity index (χ4v) is 10.3. The molecule has 0 aromatic heterocycles. The monoisotopic (exact) mass is 945 g/mol. The van der Waals surface area contributed by atoms with E-state index in [-0.39, 0.29) is 81.8 Å². The molecule has 362 valence electrons. The average molecular weight is 946 g/mol. The number of unbranched alkanes of at least 4 members (excludes halogenated alkanes) is 2. The Morgan fingerprint density at radius 1 is 0.970 bits per heavy atom. The van der Waals surface area contributed by atoms with Crippen molar-refractivity contribution in [3.05, 3.63) is 107 Å². The van der Waals surface area contributed by atoms with Gasteiger partial charge in [0.05, 0.1) is 49.6 Å². The lowest BCUT2D eigenvalue weighted by Crippen LogP contribution is -2.70. The maximum atomic E-state index is 14.9. The molecule has 2 heterocycles. The summed E-state index contributed by atoms with van der Waals surface area (Å²) in [5.41, 5.74) is 2.14. The Hall–Kier alpha value is -5.01. The Labute approximate surface area is 396 Å². The van der Waals surface area contributed by atoms with Gasteiger partial charge in [0.2, 0.25) is 12.1 Å². The Balaban J connectivity index is 1.42. The number of allylic oxidation sites excluding steroid dienone is 1. The first kappa shape index (κ1) is 49.9. The van der Waals surface area contributed by atoms with Crippen LogP contribution in [0, 0.1) is 27.9 Å². The van der Waals surface area contributed by atoms with E-state index < -0.39 is 35.1 Å². The molecular weight excluding hydrogens is 883 g/mol. The van der Waals surface area contributed by atoms with Crippen molar-refractivity contribution >= 4 is 29.3 Å². The number of nitro groups is 1. The van der Waals surface area contributed by atoms with Crippen molar-refractivity contribution in [2.75, 3.05) is 59.0 Å². The second-order valence-electron chi connectivity index (χ2n) is 17.1. The van der Waals surface area contributed by atoms with Crippen molar-refractivity contribution in [2.45, 2.75) is 93.1 Å². The Morgan fingerprint density at radius 2 is 1.72 bits per heavy atom. The highest BCUT2D eigenvalue weighted by Crippen LogP contribution is 2.62. The second-order valence-corrected chi connectivity index (χ2v) is 18.0. The smallest absolute Gasteiger partial charge is 0.415 e. The van der Waals surface area contributed by atoms with E-state index in [9.17, 15) is 30.2 Å². The van der Waals surface area contributed by atoms with E-state index in [4.69, 9.17) is 38.4 Å². The molecule has 1 amide bonds. The molecule has 2 aliphatic heterocycles. The number of hydrogen-bond donors (Lipinski definition) is 3. The summed E-state index contributed by atoms with van der Waals surface area (Å²) in [6, 6.07) is 18.0. The fourth-order valence-electron chi connectivity index (χ4n) is 9.91. The highest BCUT2D eigenvalue weighted by Gasteiger charge is 2.65. The standard InChI is InChI=1S/C50H63N3O13S/c1-3-27-62-50-45(52(23-29-60-30-26-56)49(57)64-37-15-13-35(14-16-37)53(58)59)33-43(51-66-46-12-6-9-28-61-46)41-31-34(10-4-7-24-54)40(11-5-8-25-55)47(48(41)50)42-32-38(19-22-44(42)65-50)63-36-17-20-39(67-2)21-18-36/h3,13-22,31-32,34,40,45-48,54-56H,1,4-12,23-30,33H2,2H3. The maximum absolute atomic E-state index is 14.9. The predicted molar refractivity (Wildman–Crippen MR) is 252 cm³/mol. The molecule has 2 fully saturated rings. The van der Waals surface area contributed by atoms with Crippen molar-refractivity contribution in [2.24, 2.45) is 22.9 Å². The number of thioether (sulfide) groups is 1. The number of amides is 1. The van der Waals surface area contributed by atoms with Crippen LogP contribution in [0.25, 0.3) is 0 Å². The first-order valence-electron chi connectivity index (χ1n) is 23.3. The molecule has 0 spiro atoms. The van der Waals surface area contributed by atoms with Gasteiger partial charge in [-0.15, -0.1) is 18.3 Å². The van der Waals surface area contributed by atoms with Gasteiger partial charge < -0.3 is 48.6 Å². The quantitative estimate of drug-likeness (QED) is 0.0253. The number of hydrogen-bond acceptors (Lipinski definition) is 15. The molecule has 2 aliphatic carbocycles. The van der Waals surface area contributed by atoms with Crippen LogP contribution in [0.15, 0.2) is 101 Å². The van der Waals surface area contributed by atoms with Gasteiger partial charge in [0.1, 0.15) is 29.0 Å². The zero-order chi connectivity index (χ0) is 47.2. The van der Waals surface area contributed by atoms with Crippen LogP contribution < -0.4 is 14.2 Å². The summed E-state index contributed by atoms with van der Waals surface area (Å²) in [5.74, 6) is -0.705. The summed E-state index contributed by atoms with van der Waals surface area (Å²) in [7, 11) is 0. The van der Waals surface area contributed by atoms with Crippen molar-refractivity contribution in [3.63, 3.8) is 0 Å². The van der Waals surface area contributed by atoms with Gasteiger partial charge in [-0.25, -0.2) is 4.79 Å². The molecule has 0 radical (unpaired) electrons. The first-order valence-corrected chi connectivity index (χ1v) is 24.5. The number of carbonyl (C=O) groups is 1. The summed E-state index contributed by atoms with van der Waals surface area (Å²) in [5, 5.41) is 46.0. The summed E-state index contributed by atoms with van der Waals surface area (Å²) in [6.45, 7) is 4.46. The van der Waals surface area contributed by atoms with E-state index in [1.807, 2.05) is 48.7 Å². The van der Waals surface area contributed by atoms with Gasteiger partial charge >= 0.3 is 6.09 Å². The first-order chi connectivity index (χ1) is 32.7. The number of nitrogens with zero attached hydrogens (tertiary/aromatic N) is 3. The van der Waals surface area contributed by atoms with Crippen LogP contribution in [0.2, 0.25) is 0 Å². The van der Waals surface area contributed by atoms with Crippen molar-refractivity contribution in [1.82, 2.24) is 4.90 Å². The molecule has 7 unspecified atom stereocenters. The topological polar surface area (TPSA) is 201 Å². The number of nitro benzene ring substituents is 1. The van der Waals surface area contributed by atoms with Gasteiger partial charge in [-0.1, -0.05) is 30.1 Å². The number of oxime groups is 1. The lowest BCUT2D eigenvalue weighted by atomic mass is 9.55. The van der Waals surface area contributed by atoms with Gasteiger partial charge in [-0.05, 0) is 117 Å². The van der Waals surface area contributed by atoms with E-state index in [0.717, 1.165) is 54.6 Å². The second kappa shape index (κ2) is 24.3. The number of non-ortho nitro benzene ring substituents is 1. The van der Waals surface area contributed by atoms with Gasteiger partial charge in [-0.3, -0.25) is 15.0 Å². The third kappa shape index (κ3) is 12.0. The Morgan fingerprint density at radius 3 is 2.40 bits per heavy atom. The molecule has 1 saturated carbocycles. The number of aliphatic hydroxyl groups is 3. The minimum atomic E-state index is -1.61. The molecule has 3 N–H and O–H groups in total. The average Bonchev–Trinajstić information content (AvgIpc) is 3.34. The minimum Gasteiger partial charge on any atom is -0.459 e. The highest BCUT2D eigenvalue weighted by molar-refractivity contribution is 7.98. The predicted octanol–water partition coefficient (Wildman–Crippen LogP) is 8.78. The molecule has 3 aromatic rings. The summed E-state index contributed by atoms with van der Waals surface area (Å²) >= 11 is 1.64. The van der Waals surface area contributed by atoms with E-state index in [1.54, 1.807) is 17.8 Å². The van der Waals surface area contributed by atoms with E-state index in [1.165, 1.54) is 29.2 Å². The molecule has 0 bridgehead atoms. The SMILES string of the molecule is C=CCOC12Oc3ccc(Oc4ccc(SC)cc4)cc3C3C(CCCCO)C(CCCCO)C=C(C(=NOC4CCCCO4)CC1N(CCOCCO)C(=O)Oc1ccc([N+](=O)[O-])cc1)C32. The summed E-state index contributed by atoms with van der Waals surface area (Å²) in [6.07, 6.45) is 11.4. The molecule has 4 aliphatic rings. The number of fused-ring (bicyclic) bond motifs is 2. The van der Waals surface area contributed by atoms with Crippen molar-refractivity contribution in [1.29, 1.82) is 0 Å². The van der Waals surface area contributed by atoms with Gasteiger partial charge in [-0.2, -0.15) is 0 Å². The third-order valence-electron chi connectivity index (χ3n) is 12.9. The number of aliphatic hydroxyl groups excluding tert-OH is 3. The van der Waals surface area contributed by atoms with Gasteiger partial charge in [0.15, 0.2) is 0 Å². The van der Waals surface area contributed by atoms with Gasteiger partial charge in [0, 0.05) is 61.1 Å². The van der Waals surface area contributed by atoms with Crippen molar-refractivity contribution in [3.8, 4) is 23.0 Å². The van der Waals surface area contributed by atoms with Crippen LogP contribution in [-0.2, 0) is 19.0 Å². The third-order valence-corrected chi connectivity index (χ3v) is 13.7. The van der Waals surface area contributed by atoms with Crippen LogP contribution in [0.1, 0.15) is 75.7 Å². The highest BCUT2D eigenvalue weighted by atomic mass is 32.2. The van der Waals surface area contributed by atoms with Gasteiger partial charge in [0.25, 0.3) is 5.69 Å². The number of carbonyl (C=O) groups excluding carboxylic acids is 1. The molecule has 17 heteroatoms. The molecule has 16 nitrogen and oxygen atoms in total. The molecule has 7 atom stereocenters. The zero-order valence-electron chi connectivity index (χ0n) is 38.1. The number of ether oxygens (including phenoxy) is 6. The van der Waals surface area contributed by atoms with Crippen LogP contribution in [0.5, 0.6) is 23.0 Å². The van der Waals surface area contributed by atoms with E-state index in [0.29, 0.717) is 48.8 Å². The number of rotatable bonds is 24. The molecule has 67 heavy (non-hydrogen) atoms. The summed E-state index contributed by atoms with van der Waals surface area (Å²) < 4.78 is 38.7. The Kier molecular flexibility index (Phi) is 18.1. The van der Waals surface area contributed by atoms with Crippen molar-refractivity contribution < 1.29 is 58.3 Å². The van der Waals surface area contributed by atoms with Crippen LogP contribution in [0.3, 0.4) is 0 Å².